The number of nitrogens with one attached hydrogen (secondary N) is 1. The lowest BCUT2D eigenvalue weighted by molar-refractivity contribution is -0.383. The summed E-state index contributed by atoms with van der Waals surface area (Å²) < 4.78 is 0. The molecule has 0 bridgehead atoms. The predicted molar refractivity (Wildman–Crippen MR) is 76.1 cm³/mol. The maximum absolute atomic E-state index is 12.0. The maximum Gasteiger partial charge on any atom is 0.292 e. The summed E-state index contributed by atoms with van der Waals surface area (Å²) in [6.07, 6.45) is 0. The summed E-state index contributed by atoms with van der Waals surface area (Å²) in [5, 5.41) is 15.7. The number of halogens is 1. The van der Waals surface area contributed by atoms with E-state index in [4.69, 9.17) is 17.3 Å². The number of rotatable bonds is 4. The van der Waals surface area contributed by atoms with Crippen LogP contribution in [0.1, 0.15) is 15.5 Å². The Morgan fingerprint density at radius 3 is 2.90 bits per heavy atom. The average molecular weight is 313 g/mol. The van der Waals surface area contributed by atoms with Gasteiger partial charge in [0.05, 0.1) is 4.92 Å². The Morgan fingerprint density at radius 2 is 2.30 bits per heavy atom. The summed E-state index contributed by atoms with van der Waals surface area (Å²) in [5.74, 6) is -0.550. The van der Waals surface area contributed by atoms with Gasteiger partial charge in [0.2, 0.25) is 0 Å². The summed E-state index contributed by atoms with van der Waals surface area (Å²) in [5.41, 5.74) is 5.35. The van der Waals surface area contributed by atoms with Crippen LogP contribution in [0.4, 0.5) is 11.4 Å². The van der Waals surface area contributed by atoms with Crippen molar-refractivity contribution in [3.05, 3.63) is 49.4 Å². The van der Waals surface area contributed by atoms with Gasteiger partial charge >= 0.3 is 0 Å². The number of hydrogen-bond acceptors (Lipinski definition) is 6. The molecule has 0 aliphatic rings. The summed E-state index contributed by atoms with van der Waals surface area (Å²) >= 11 is 7.02. The van der Waals surface area contributed by atoms with Gasteiger partial charge in [-0.2, -0.15) is 0 Å². The molecule has 9 heteroatoms. The van der Waals surface area contributed by atoms with Crippen molar-refractivity contribution in [3.8, 4) is 0 Å². The number of nitro groups is 1. The fourth-order valence-corrected chi connectivity index (χ4v) is 2.29. The molecular weight excluding hydrogens is 304 g/mol. The third kappa shape index (κ3) is 3.10. The van der Waals surface area contributed by atoms with Crippen molar-refractivity contribution >= 4 is 40.2 Å². The van der Waals surface area contributed by atoms with Gasteiger partial charge in [-0.25, -0.2) is 4.98 Å². The summed E-state index contributed by atoms with van der Waals surface area (Å²) in [6.45, 7) is 0.231. The molecule has 1 heterocycles. The van der Waals surface area contributed by atoms with E-state index in [0.29, 0.717) is 5.01 Å². The molecule has 104 valence electrons. The third-order valence-electron chi connectivity index (χ3n) is 2.36. The molecule has 0 aliphatic heterocycles. The molecule has 2 rings (SSSR count). The lowest BCUT2D eigenvalue weighted by Crippen LogP contribution is -2.14. The predicted octanol–water partition coefficient (Wildman–Crippen LogP) is 2.42. The quantitative estimate of drug-likeness (QED) is 0.665. The van der Waals surface area contributed by atoms with E-state index in [0.717, 1.165) is 0 Å². The third-order valence-corrected chi connectivity index (χ3v) is 3.47. The number of carbonyl (C=O) groups is 1. The number of carbonyl (C=O) groups excluding carboxylic acids is 1. The smallest absolute Gasteiger partial charge is 0.292 e. The first-order chi connectivity index (χ1) is 9.51. The molecule has 3 N–H and O–H groups in total. The number of aromatic nitrogens is 1. The number of hydrogen-bond donors (Lipinski definition) is 2. The molecule has 0 spiro atoms. The lowest BCUT2D eigenvalue weighted by Gasteiger charge is -2.04. The van der Waals surface area contributed by atoms with Crippen LogP contribution >= 0.6 is 22.9 Å². The van der Waals surface area contributed by atoms with Gasteiger partial charge in [0, 0.05) is 23.0 Å². The maximum atomic E-state index is 12.0. The highest BCUT2D eigenvalue weighted by Gasteiger charge is 2.18. The second kappa shape index (κ2) is 5.95. The van der Waals surface area contributed by atoms with E-state index in [-0.39, 0.29) is 28.6 Å². The monoisotopic (exact) mass is 312 g/mol. The van der Waals surface area contributed by atoms with Crippen molar-refractivity contribution in [2.24, 2.45) is 5.73 Å². The van der Waals surface area contributed by atoms with Gasteiger partial charge < -0.3 is 11.1 Å². The van der Waals surface area contributed by atoms with Crippen LogP contribution < -0.4 is 11.1 Å². The normalized spacial score (nSPS) is 10.3. The molecule has 7 nitrogen and oxygen atoms in total. The molecule has 1 amide bonds. The van der Waals surface area contributed by atoms with Crippen LogP contribution in [0.2, 0.25) is 5.02 Å². The first-order valence-electron chi connectivity index (χ1n) is 5.41. The molecule has 0 saturated carbocycles. The highest BCUT2D eigenvalue weighted by atomic mass is 35.5. The first kappa shape index (κ1) is 14.4. The molecule has 0 radical (unpaired) electrons. The SMILES string of the molecule is NCc1nc(C(=O)Nc2cc(Cl)ccc2[N+](=O)[O-])cs1. The summed E-state index contributed by atoms with van der Waals surface area (Å²) in [6, 6.07) is 3.92. The van der Waals surface area contributed by atoms with Gasteiger partial charge in [0.1, 0.15) is 16.4 Å². The van der Waals surface area contributed by atoms with Crippen LogP contribution in [0.25, 0.3) is 0 Å². The number of amides is 1. The molecule has 1 aromatic carbocycles. The Morgan fingerprint density at radius 1 is 1.55 bits per heavy atom. The molecule has 2 aromatic rings. The highest BCUT2D eigenvalue weighted by Crippen LogP contribution is 2.28. The average Bonchev–Trinajstić information content (AvgIpc) is 2.87. The molecule has 0 atom stereocenters. The zero-order valence-electron chi connectivity index (χ0n) is 10.00. The van der Waals surface area contributed by atoms with E-state index in [1.807, 2.05) is 0 Å². The summed E-state index contributed by atoms with van der Waals surface area (Å²) in [7, 11) is 0. The highest BCUT2D eigenvalue weighted by molar-refractivity contribution is 7.09. The van der Waals surface area contributed by atoms with E-state index >= 15 is 0 Å². The van der Waals surface area contributed by atoms with Crippen LogP contribution in [0.3, 0.4) is 0 Å². The molecule has 0 saturated heterocycles. The van der Waals surface area contributed by atoms with Gasteiger partial charge in [-0.3, -0.25) is 14.9 Å². The minimum Gasteiger partial charge on any atom is -0.325 e. The van der Waals surface area contributed by atoms with Gasteiger partial charge in [-0.15, -0.1) is 11.3 Å². The zero-order valence-corrected chi connectivity index (χ0v) is 11.6. The fourth-order valence-electron chi connectivity index (χ4n) is 1.46. The van der Waals surface area contributed by atoms with Gasteiger partial charge in [-0.05, 0) is 12.1 Å². The minimum absolute atomic E-state index is 0.0230. The Balaban J connectivity index is 2.27. The van der Waals surface area contributed by atoms with Gasteiger partial charge in [0.15, 0.2) is 0 Å². The second-order valence-corrected chi connectivity index (χ2v) is 5.08. The van der Waals surface area contributed by atoms with Gasteiger partial charge in [-0.1, -0.05) is 11.6 Å². The number of anilines is 1. The van der Waals surface area contributed by atoms with Crippen molar-refractivity contribution < 1.29 is 9.72 Å². The number of benzene rings is 1. The van der Waals surface area contributed by atoms with Crippen LogP contribution in [0, 0.1) is 10.1 Å². The van der Waals surface area contributed by atoms with Crippen LogP contribution in [0.5, 0.6) is 0 Å². The number of nitrogens with two attached hydrogens (primary N) is 1. The number of nitrogens with zero attached hydrogens (tertiary/aromatic N) is 2. The Bertz CT molecular complexity index is 673. The standard InChI is InChI=1S/C11H9ClN4O3S/c12-6-1-2-9(16(18)19)7(3-6)15-11(17)8-5-20-10(4-13)14-8/h1-3,5H,4,13H2,(H,15,17). The van der Waals surface area contributed by atoms with Crippen LogP contribution in [-0.2, 0) is 6.54 Å². The van der Waals surface area contributed by atoms with Crippen molar-refractivity contribution in [1.82, 2.24) is 4.98 Å². The molecule has 1 aromatic heterocycles. The van der Waals surface area contributed by atoms with Crippen molar-refractivity contribution in [2.75, 3.05) is 5.32 Å². The Kier molecular flexibility index (Phi) is 4.28. The summed E-state index contributed by atoms with van der Waals surface area (Å²) in [4.78, 5) is 26.2. The Hall–Kier alpha value is -2.03. The molecule has 0 fully saturated rings. The molecule has 20 heavy (non-hydrogen) atoms. The van der Waals surface area contributed by atoms with E-state index < -0.39 is 10.8 Å². The first-order valence-corrected chi connectivity index (χ1v) is 6.67. The van der Waals surface area contributed by atoms with Crippen molar-refractivity contribution in [2.45, 2.75) is 6.54 Å². The van der Waals surface area contributed by atoms with Crippen molar-refractivity contribution in [1.29, 1.82) is 0 Å². The van der Waals surface area contributed by atoms with E-state index in [1.165, 1.54) is 34.9 Å². The lowest BCUT2D eigenvalue weighted by atomic mass is 10.2. The number of nitro benzene ring substituents is 1. The van der Waals surface area contributed by atoms with Crippen molar-refractivity contribution in [3.63, 3.8) is 0 Å². The largest absolute Gasteiger partial charge is 0.325 e. The molecular formula is C11H9ClN4O3S. The zero-order chi connectivity index (χ0) is 14.7. The number of thiazole rings is 1. The van der Waals surface area contributed by atoms with Crippen LogP contribution in [-0.4, -0.2) is 15.8 Å². The van der Waals surface area contributed by atoms with Gasteiger partial charge in [0.25, 0.3) is 11.6 Å². The Labute approximate surface area is 122 Å². The van der Waals surface area contributed by atoms with Crippen LogP contribution in [0.15, 0.2) is 23.6 Å². The topological polar surface area (TPSA) is 111 Å². The fraction of sp³-hybridized carbons (Fsp3) is 0.0909. The molecule has 0 aliphatic carbocycles. The second-order valence-electron chi connectivity index (χ2n) is 3.70. The minimum atomic E-state index is -0.599. The van der Waals surface area contributed by atoms with E-state index in [1.54, 1.807) is 0 Å². The van der Waals surface area contributed by atoms with E-state index in [2.05, 4.69) is 10.3 Å². The molecule has 0 unspecified atom stereocenters. The van der Waals surface area contributed by atoms with E-state index in [9.17, 15) is 14.9 Å².